The monoisotopic (exact) mass is 222 g/mol. The Morgan fingerprint density at radius 3 is 2.69 bits per heavy atom. The van der Waals surface area contributed by atoms with Gasteiger partial charge in [0.1, 0.15) is 11.9 Å². The van der Waals surface area contributed by atoms with Crippen molar-refractivity contribution in [2.45, 2.75) is 51.6 Å². The number of aliphatic hydroxyl groups excluding tert-OH is 1. The molecule has 1 fully saturated rings. The third kappa shape index (κ3) is 2.67. The Labute approximate surface area is 97.7 Å². The lowest BCUT2D eigenvalue weighted by Crippen LogP contribution is -2.20. The lowest BCUT2D eigenvalue weighted by molar-refractivity contribution is 0.0547. The Hall–Kier alpha value is -0.760. The lowest BCUT2D eigenvalue weighted by Gasteiger charge is -2.30. The molecule has 1 heterocycles. The van der Waals surface area contributed by atoms with E-state index in [0.717, 1.165) is 24.5 Å². The van der Waals surface area contributed by atoms with Crippen molar-refractivity contribution in [1.82, 2.24) is 0 Å². The number of aliphatic hydroxyl groups is 1. The van der Waals surface area contributed by atoms with E-state index in [1.807, 2.05) is 12.1 Å². The Bertz CT molecular complexity index is 284. The maximum Gasteiger partial charge on any atom is 0.132 e. The summed E-state index contributed by atoms with van der Waals surface area (Å²) in [6.07, 6.45) is 8.73. The van der Waals surface area contributed by atoms with Crippen LogP contribution in [0.5, 0.6) is 0 Å². The van der Waals surface area contributed by atoms with Crippen LogP contribution in [0.15, 0.2) is 22.8 Å². The van der Waals surface area contributed by atoms with Gasteiger partial charge in [0.05, 0.1) is 6.26 Å². The molecule has 1 atom stereocenters. The summed E-state index contributed by atoms with van der Waals surface area (Å²) in [6.45, 7) is 2.25. The van der Waals surface area contributed by atoms with Crippen molar-refractivity contribution in [1.29, 1.82) is 0 Å². The fraction of sp³-hybridized carbons (Fsp3) is 0.714. The fourth-order valence-corrected chi connectivity index (χ4v) is 2.89. The molecule has 0 amide bonds. The minimum Gasteiger partial charge on any atom is -0.467 e. The molecule has 90 valence electrons. The van der Waals surface area contributed by atoms with Gasteiger partial charge in [-0.3, -0.25) is 0 Å². The van der Waals surface area contributed by atoms with Crippen LogP contribution < -0.4 is 0 Å². The first-order valence-corrected chi connectivity index (χ1v) is 6.52. The molecule has 0 radical (unpaired) electrons. The van der Waals surface area contributed by atoms with E-state index in [1.54, 1.807) is 6.26 Å². The van der Waals surface area contributed by atoms with Gasteiger partial charge in [0, 0.05) is 0 Å². The molecule has 2 rings (SSSR count). The third-order valence-electron chi connectivity index (χ3n) is 3.87. The highest BCUT2D eigenvalue weighted by molar-refractivity contribution is 5.03. The zero-order chi connectivity index (χ0) is 11.4. The average Bonchev–Trinajstić information content (AvgIpc) is 2.83. The van der Waals surface area contributed by atoms with Crippen molar-refractivity contribution >= 4 is 0 Å². The fourth-order valence-electron chi connectivity index (χ4n) is 2.89. The number of hydrogen-bond donors (Lipinski definition) is 1. The first-order chi connectivity index (χ1) is 7.81. The van der Waals surface area contributed by atoms with Gasteiger partial charge in [0.25, 0.3) is 0 Å². The molecule has 16 heavy (non-hydrogen) atoms. The SMILES string of the molecule is CCCC1CCC(C(O)c2ccco2)CC1. The molecule has 1 aliphatic carbocycles. The third-order valence-corrected chi connectivity index (χ3v) is 3.87. The number of rotatable bonds is 4. The topological polar surface area (TPSA) is 33.4 Å². The van der Waals surface area contributed by atoms with E-state index in [-0.39, 0.29) is 0 Å². The summed E-state index contributed by atoms with van der Waals surface area (Å²) >= 11 is 0. The smallest absolute Gasteiger partial charge is 0.132 e. The maximum absolute atomic E-state index is 10.2. The lowest BCUT2D eigenvalue weighted by atomic mass is 9.77. The molecule has 1 aromatic rings. The molecule has 0 saturated heterocycles. The van der Waals surface area contributed by atoms with Crippen LogP contribution in [0.1, 0.15) is 57.3 Å². The highest BCUT2D eigenvalue weighted by Gasteiger charge is 2.28. The molecule has 0 spiro atoms. The van der Waals surface area contributed by atoms with Gasteiger partial charge in [-0.05, 0) is 36.8 Å². The summed E-state index contributed by atoms with van der Waals surface area (Å²) in [7, 11) is 0. The van der Waals surface area contributed by atoms with Crippen LogP contribution in [-0.2, 0) is 0 Å². The summed E-state index contributed by atoms with van der Waals surface area (Å²) in [5.41, 5.74) is 0. The molecular weight excluding hydrogens is 200 g/mol. The quantitative estimate of drug-likeness (QED) is 0.837. The highest BCUT2D eigenvalue weighted by atomic mass is 16.4. The van der Waals surface area contributed by atoms with Crippen molar-refractivity contribution in [3.05, 3.63) is 24.2 Å². The number of hydrogen-bond acceptors (Lipinski definition) is 2. The molecule has 0 aromatic carbocycles. The van der Waals surface area contributed by atoms with Crippen LogP contribution in [0.4, 0.5) is 0 Å². The second kappa shape index (κ2) is 5.53. The molecular formula is C14H22O2. The van der Waals surface area contributed by atoms with Crippen molar-refractivity contribution in [3.8, 4) is 0 Å². The average molecular weight is 222 g/mol. The summed E-state index contributed by atoms with van der Waals surface area (Å²) in [6, 6.07) is 3.73. The van der Waals surface area contributed by atoms with Gasteiger partial charge in [-0.25, -0.2) is 0 Å². The highest BCUT2D eigenvalue weighted by Crippen LogP contribution is 2.38. The standard InChI is InChI=1S/C14H22O2/c1-2-4-11-6-8-12(9-7-11)14(15)13-5-3-10-16-13/h3,5,10-12,14-15H,2,4,6-9H2,1H3. The molecule has 1 saturated carbocycles. The van der Waals surface area contributed by atoms with Crippen LogP contribution in [0.25, 0.3) is 0 Å². The minimum atomic E-state index is -0.391. The Balaban J connectivity index is 1.84. The minimum absolute atomic E-state index is 0.391. The Morgan fingerprint density at radius 1 is 1.38 bits per heavy atom. The Morgan fingerprint density at radius 2 is 2.12 bits per heavy atom. The van der Waals surface area contributed by atoms with E-state index in [9.17, 15) is 5.11 Å². The summed E-state index contributed by atoms with van der Waals surface area (Å²) < 4.78 is 5.27. The zero-order valence-corrected chi connectivity index (χ0v) is 10.1. The van der Waals surface area contributed by atoms with Gasteiger partial charge in [-0.2, -0.15) is 0 Å². The molecule has 0 aliphatic heterocycles. The van der Waals surface area contributed by atoms with Gasteiger partial charge < -0.3 is 9.52 Å². The van der Waals surface area contributed by atoms with E-state index < -0.39 is 6.10 Å². The van der Waals surface area contributed by atoms with Crippen LogP contribution in [0.3, 0.4) is 0 Å². The van der Waals surface area contributed by atoms with Gasteiger partial charge in [0.2, 0.25) is 0 Å². The summed E-state index contributed by atoms with van der Waals surface area (Å²) in [4.78, 5) is 0. The van der Waals surface area contributed by atoms with E-state index in [0.29, 0.717) is 5.92 Å². The molecule has 1 N–H and O–H groups in total. The molecule has 2 nitrogen and oxygen atoms in total. The van der Waals surface area contributed by atoms with Crippen molar-refractivity contribution in [2.75, 3.05) is 0 Å². The molecule has 1 unspecified atom stereocenters. The van der Waals surface area contributed by atoms with Crippen LogP contribution in [0, 0.1) is 11.8 Å². The van der Waals surface area contributed by atoms with Crippen molar-refractivity contribution in [2.24, 2.45) is 11.8 Å². The molecule has 1 aliphatic rings. The maximum atomic E-state index is 10.2. The van der Waals surface area contributed by atoms with E-state index in [4.69, 9.17) is 4.42 Å². The molecule has 1 aromatic heterocycles. The van der Waals surface area contributed by atoms with Gasteiger partial charge in [0.15, 0.2) is 0 Å². The molecule has 0 bridgehead atoms. The zero-order valence-electron chi connectivity index (χ0n) is 10.1. The molecule has 2 heteroatoms. The van der Waals surface area contributed by atoms with Crippen LogP contribution in [-0.4, -0.2) is 5.11 Å². The van der Waals surface area contributed by atoms with Gasteiger partial charge in [-0.1, -0.05) is 32.6 Å². The number of furan rings is 1. The normalized spacial score (nSPS) is 27.9. The Kier molecular flexibility index (Phi) is 4.05. The van der Waals surface area contributed by atoms with Crippen molar-refractivity contribution in [3.63, 3.8) is 0 Å². The second-order valence-corrected chi connectivity index (χ2v) is 5.03. The predicted octanol–water partition coefficient (Wildman–Crippen LogP) is 3.92. The second-order valence-electron chi connectivity index (χ2n) is 5.03. The van der Waals surface area contributed by atoms with Crippen LogP contribution in [0.2, 0.25) is 0 Å². The van der Waals surface area contributed by atoms with E-state index in [2.05, 4.69) is 6.92 Å². The summed E-state index contributed by atoms with van der Waals surface area (Å²) in [5.74, 6) is 2.03. The van der Waals surface area contributed by atoms with Gasteiger partial charge in [-0.15, -0.1) is 0 Å². The van der Waals surface area contributed by atoms with Crippen molar-refractivity contribution < 1.29 is 9.52 Å². The van der Waals surface area contributed by atoms with Gasteiger partial charge >= 0.3 is 0 Å². The van der Waals surface area contributed by atoms with E-state index in [1.165, 1.54) is 25.7 Å². The summed E-state index contributed by atoms with van der Waals surface area (Å²) in [5, 5.41) is 10.2. The first-order valence-electron chi connectivity index (χ1n) is 6.52. The largest absolute Gasteiger partial charge is 0.467 e. The van der Waals surface area contributed by atoms with E-state index >= 15 is 0 Å². The predicted molar refractivity (Wildman–Crippen MR) is 64.0 cm³/mol. The first kappa shape index (κ1) is 11.7. The van der Waals surface area contributed by atoms with Crippen LogP contribution >= 0.6 is 0 Å².